The Balaban J connectivity index is 1.21. The van der Waals surface area contributed by atoms with Crippen molar-refractivity contribution >= 4 is 35.3 Å². The second-order valence-corrected chi connectivity index (χ2v) is 12.7. The molecule has 0 atom stereocenters. The average molecular weight is 587 g/mol. The van der Waals surface area contributed by atoms with Crippen molar-refractivity contribution in [3.05, 3.63) is 23.5 Å². The molecule has 0 amide bonds. The van der Waals surface area contributed by atoms with Gasteiger partial charge in [-0.3, -0.25) is 0 Å². The molecule has 2 aromatic heterocycles. The van der Waals surface area contributed by atoms with Gasteiger partial charge < -0.3 is 22.9 Å². The highest BCUT2D eigenvalue weighted by atomic mass is 32.2. The zero-order valence-corrected chi connectivity index (χ0v) is 26.4. The van der Waals surface area contributed by atoms with Crippen LogP contribution in [0.15, 0.2) is 12.1 Å². The van der Waals surface area contributed by atoms with Gasteiger partial charge in [0.05, 0.1) is 0 Å². The Labute approximate surface area is 254 Å². The highest BCUT2D eigenvalue weighted by Crippen LogP contribution is 2.16. The first kappa shape index (κ1) is 34.9. The lowest BCUT2D eigenvalue weighted by Crippen LogP contribution is -2.02. The molecule has 0 radical (unpaired) electrons. The fourth-order valence-electron chi connectivity index (χ4n) is 5.29. The molecule has 0 aliphatic rings. The van der Waals surface area contributed by atoms with Crippen molar-refractivity contribution in [2.24, 2.45) is 0 Å². The third-order valence-electron chi connectivity index (χ3n) is 7.58. The predicted molar refractivity (Wildman–Crippen MR) is 179 cm³/mol. The van der Waals surface area contributed by atoms with Crippen molar-refractivity contribution in [3.8, 4) is 0 Å². The van der Waals surface area contributed by atoms with Crippen molar-refractivity contribution in [2.45, 2.75) is 141 Å². The van der Waals surface area contributed by atoms with Gasteiger partial charge in [0.15, 0.2) is 0 Å². The molecular formula is C32H58N8S. The van der Waals surface area contributed by atoms with Crippen LogP contribution < -0.4 is 22.9 Å². The van der Waals surface area contributed by atoms with Crippen LogP contribution in [-0.4, -0.2) is 31.4 Å². The Morgan fingerprint density at radius 2 is 0.683 bits per heavy atom. The van der Waals surface area contributed by atoms with Gasteiger partial charge in [-0.15, -0.1) is 0 Å². The maximum absolute atomic E-state index is 5.73. The molecular weight excluding hydrogens is 528 g/mol. The van der Waals surface area contributed by atoms with Crippen LogP contribution in [0.5, 0.6) is 0 Å². The summed E-state index contributed by atoms with van der Waals surface area (Å²) in [5.74, 6) is 4.20. The van der Waals surface area contributed by atoms with Crippen LogP contribution in [0.25, 0.3) is 0 Å². The van der Waals surface area contributed by atoms with Gasteiger partial charge in [-0.1, -0.05) is 103 Å². The van der Waals surface area contributed by atoms with Gasteiger partial charge in [0, 0.05) is 23.5 Å². The van der Waals surface area contributed by atoms with Crippen LogP contribution in [0, 0.1) is 0 Å². The lowest BCUT2D eigenvalue weighted by atomic mass is 10.1. The fraction of sp³-hybridized carbons (Fsp3) is 0.750. The molecule has 8 N–H and O–H groups in total. The first-order valence-electron chi connectivity index (χ1n) is 16.4. The molecule has 0 aromatic carbocycles. The third kappa shape index (κ3) is 19.5. The Bertz CT molecular complexity index is 813. The largest absolute Gasteiger partial charge is 0.384 e. The molecule has 2 aromatic rings. The number of aryl methyl sites for hydroxylation is 2. The number of thioether (sulfide) groups is 1. The Morgan fingerprint density at radius 3 is 1.00 bits per heavy atom. The van der Waals surface area contributed by atoms with Gasteiger partial charge >= 0.3 is 0 Å². The Kier molecular flexibility index (Phi) is 19.8. The van der Waals surface area contributed by atoms with E-state index in [0.29, 0.717) is 11.6 Å². The molecule has 232 valence electrons. The highest BCUT2D eigenvalue weighted by molar-refractivity contribution is 7.99. The van der Waals surface area contributed by atoms with E-state index in [9.17, 15) is 0 Å². The number of nitrogens with zero attached hydrogens (tertiary/aromatic N) is 4. The van der Waals surface area contributed by atoms with Crippen LogP contribution in [0.1, 0.15) is 140 Å². The Hall–Kier alpha value is -2.29. The average Bonchev–Trinajstić information content (AvgIpc) is 2.92. The first-order valence-corrected chi connectivity index (χ1v) is 17.5. The zero-order valence-electron chi connectivity index (χ0n) is 25.6. The smallest absolute Gasteiger partial charge is 0.222 e. The summed E-state index contributed by atoms with van der Waals surface area (Å²) in [7, 11) is 0. The minimum absolute atomic E-state index is 0.282. The maximum Gasteiger partial charge on any atom is 0.222 e. The molecule has 2 heterocycles. The van der Waals surface area contributed by atoms with Crippen LogP contribution in [0.4, 0.5) is 23.5 Å². The zero-order chi connectivity index (χ0) is 29.4. The molecule has 2 rings (SSSR count). The molecule has 0 saturated heterocycles. The van der Waals surface area contributed by atoms with Crippen LogP contribution in [-0.2, 0) is 12.8 Å². The lowest BCUT2D eigenvalue weighted by molar-refractivity contribution is 0.555. The van der Waals surface area contributed by atoms with Crippen molar-refractivity contribution in [1.29, 1.82) is 0 Å². The number of hydrogen-bond donors (Lipinski definition) is 4. The summed E-state index contributed by atoms with van der Waals surface area (Å²) < 4.78 is 0. The van der Waals surface area contributed by atoms with Gasteiger partial charge in [-0.2, -0.15) is 21.7 Å². The van der Waals surface area contributed by atoms with Crippen LogP contribution >= 0.6 is 11.8 Å². The normalized spacial score (nSPS) is 11.3. The number of anilines is 4. The minimum atomic E-state index is 0.282. The van der Waals surface area contributed by atoms with Gasteiger partial charge in [-0.05, 0) is 50.0 Å². The SMILES string of the molecule is Nc1cc(CCCCCCCCCCCCSCCCCCCCCCCCCc2cc(N)nc(N)n2)nc(N)n1. The van der Waals surface area contributed by atoms with Crippen molar-refractivity contribution in [2.75, 3.05) is 34.4 Å². The predicted octanol–water partition coefficient (Wildman–Crippen LogP) is 7.92. The van der Waals surface area contributed by atoms with Crippen LogP contribution in [0.3, 0.4) is 0 Å². The molecule has 8 nitrogen and oxygen atoms in total. The summed E-state index contributed by atoms with van der Waals surface area (Å²) >= 11 is 2.17. The van der Waals surface area contributed by atoms with E-state index in [4.69, 9.17) is 22.9 Å². The van der Waals surface area contributed by atoms with Crippen molar-refractivity contribution in [1.82, 2.24) is 19.9 Å². The third-order valence-corrected chi connectivity index (χ3v) is 8.73. The number of nitrogen functional groups attached to an aromatic ring is 4. The molecule has 0 spiro atoms. The summed E-state index contributed by atoms with van der Waals surface area (Å²) in [6.45, 7) is 0. The van der Waals surface area contributed by atoms with E-state index in [0.717, 1.165) is 37.1 Å². The van der Waals surface area contributed by atoms with E-state index in [-0.39, 0.29) is 11.9 Å². The second kappa shape index (κ2) is 23.3. The van der Waals surface area contributed by atoms with Crippen molar-refractivity contribution < 1.29 is 0 Å². The number of hydrogen-bond acceptors (Lipinski definition) is 9. The van der Waals surface area contributed by atoms with Gasteiger partial charge in [0.2, 0.25) is 11.9 Å². The Morgan fingerprint density at radius 1 is 0.390 bits per heavy atom. The summed E-state index contributed by atoms with van der Waals surface area (Å²) in [6, 6.07) is 3.67. The topological polar surface area (TPSA) is 156 Å². The monoisotopic (exact) mass is 586 g/mol. The first-order chi connectivity index (χ1) is 20.0. The van der Waals surface area contributed by atoms with E-state index >= 15 is 0 Å². The number of unbranched alkanes of at least 4 members (excludes halogenated alkanes) is 18. The molecule has 0 saturated carbocycles. The van der Waals surface area contributed by atoms with E-state index in [1.54, 1.807) is 0 Å². The van der Waals surface area contributed by atoms with Crippen LogP contribution in [0.2, 0.25) is 0 Å². The fourth-order valence-corrected chi connectivity index (χ4v) is 6.31. The lowest BCUT2D eigenvalue weighted by Gasteiger charge is -2.05. The summed E-state index contributed by atoms with van der Waals surface area (Å²) in [5.41, 5.74) is 24.7. The number of rotatable bonds is 26. The quantitative estimate of drug-likeness (QED) is 0.0804. The standard InChI is InChI=1S/C32H58N8S/c33-29-25-27(37-31(35)39-29)21-17-13-9-5-1-3-7-11-15-19-23-41-24-20-16-12-8-4-2-6-10-14-18-22-28-26-30(34)40-32(36)38-28/h25-26H,1-24H2,(H4,33,35,37,39)(H4,34,36,38,40). The molecule has 0 bridgehead atoms. The van der Waals surface area contributed by atoms with Gasteiger partial charge in [-0.25, -0.2) is 9.97 Å². The summed E-state index contributed by atoms with van der Waals surface area (Å²) in [6.07, 6.45) is 28.7. The minimum Gasteiger partial charge on any atom is -0.384 e. The van der Waals surface area contributed by atoms with Gasteiger partial charge in [0.25, 0.3) is 0 Å². The number of nitrogens with two attached hydrogens (primary N) is 4. The van der Waals surface area contributed by atoms with E-state index in [1.165, 1.54) is 127 Å². The highest BCUT2D eigenvalue weighted by Gasteiger charge is 2.02. The molecule has 9 heteroatoms. The van der Waals surface area contributed by atoms with E-state index in [1.807, 2.05) is 12.1 Å². The molecule has 0 aliphatic carbocycles. The van der Waals surface area contributed by atoms with Crippen molar-refractivity contribution in [3.63, 3.8) is 0 Å². The molecule has 0 aliphatic heterocycles. The molecule has 0 unspecified atom stereocenters. The molecule has 0 fully saturated rings. The second-order valence-electron chi connectivity index (χ2n) is 11.5. The maximum atomic E-state index is 5.73. The summed E-state index contributed by atoms with van der Waals surface area (Å²) in [4.78, 5) is 16.3. The van der Waals surface area contributed by atoms with E-state index < -0.39 is 0 Å². The molecule has 41 heavy (non-hydrogen) atoms. The number of aromatic nitrogens is 4. The van der Waals surface area contributed by atoms with E-state index in [2.05, 4.69) is 31.7 Å². The summed E-state index contributed by atoms with van der Waals surface area (Å²) in [5, 5.41) is 0. The van der Waals surface area contributed by atoms with Gasteiger partial charge in [0.1, 0.15) is 11.6 Å².